The van der Waals surface area contributed by atoms with E-state index in [1.807, 2.05) is 0 Å². The van der Waals surface area contributed by atoms with E-state index in [4.69, 9.17) is 16.3 Å². The predicted molar refractivity (Wildman–Crippen MR) is 118 cm³/mol. The van der Waals surface area contributed by atoms with Crippen molar-refractivity contribution in [2.75, 3.05) is 11.9 Å². The van der Waals surface area contributed by atoms with Gasteiger partial charge in [0.05, 0.1) is 15.6 Å². The normalized spacial score (nSPS) is 11.2. The zero-order chi connectivity index (χ0) is 21.7. The molecule has 6 nitrogen and oxygen atoms in total. The number of anilines is 1. The number of nitrogens with one attached hydrogen (secondary N) is 2. The molecule has 0 bridgehead atoms. The fourth-order valence-corrected chi connectivity index (χ4v) is 4.02. The summed E-state index contributed by atoms with van der Waals surface area (Å²) in [5.41, 5.74) is 1.33. The molecule has 30 heavy (non-hydrogen) atoms. The summed E-state index contributed by atoms with van der Waals surface area (Å²) in [6.07, 6.45) is 0. The van der Waals surface area contributed by atoms with Crippen molar-refractivity contribution in [3.8, 4) is 11.5 Å². The second-order valence-corrected chi connectivity index (χ2v) is 8.63. The minimum Gasteiger partial charge on any atom is -0.454 e. The summed E-state index contributed by atoms with van der Waals surface area (Å²) in [4.78, 5) is 13.0. The van der Waals surface area contributed by atoms with E-state index in [9.17, 15) is 13.2 Å². The molecule has 0 saturated heterocycles. The Balaban J connectivity index is 1.90. The summed E-state index contributed by atoms with van der Waals surface area (Å²) in [5, 5.41) is 3.24. The molecule has 2 N–H and O–H groups in total. The first kappa shape index (κ1) is 21.8. The molecule has 3 rings (SSSR count). The number of hydrogen-bond donors (Lipinski definition) is 2. The summed E-state index contributed by atoms with van der Waals surface area (Å²) in [6, 6.07) is 18.4. The lowest BCUT2D eigenvalue weighted by Crippen LogP contribution is -2.24. The van der Waals surface area contributed by atoms with Crippen molar-refractivity contribution in [2.24, 2.45) is 0 Å². The molecule has 0 fully saturated rings. The van der Waals surface area contributed by atoms with Gasteiger partial charge in [0.2, 0.25) is 10.0 Å². The molecule has 0 unspecified atom stereocenters. The number of amides is 1. The number of halogens is 1. The number of para-hydroxylation sites is 3. The summed E-state index contributed by atoms with van der Waals surface area (Å²) >= 11 is 6.16. The lowest BCUT2D eigenvalue weighted by Gasteiger charge is -2.14. The Kier molecular flexibility index (Phi) is 6.77. The number of carbonyl (C=O) groups excluding carboxylic acids is 1. The molecule has 0 spiro atoms. The number of sulfonamides is 1. The minimum absolute atomic E-state index is 0.0284. The molecule has 0 heterocycles. The number of benzene rings is 3. The number of aryl methyl sites for hydroxylation is 1. The molecular formula is C22H21ClN2O4S. The van der Waals surface area contributed by atoms with E-state index in [0.29, 0.717) is 27.8 Å². The minimum atomic E-state index is -3.68. The highest BCUT2D eigenvalue weighted by Crippen LogP contribution is 2.33. The van der Waals surface area contributed by atoms with E-state index in [2.05, 4.69) is 10.0 Å². The Labute approximate surface area is 180 Å². The van der Waals surface area contributed by atoms with Crippen molar-refractivity contribution in [3.05, 3.63) is 82.9 Å². The van der Waals surface area contributed by atoms with Gasteiger partial charge in [0, 0.05) is 12.1 Å². The first-order valence-electron chi connectivity index (χ1n) is 9.25. The highest BCUT2D eigenvalue weighted by molar-refractivity contribution is 7.89. The maximum Gasteiger partial charge on any atom is 0.256 e. The van der Waals surface area contributed by atoms with Crippen molar-refractivity contribution in [2.45, 2.75) is 18.7 Å². The van der Waals surface area contributed by atoms with Crippen LogP contribution in [0.5, 0.6) is 11.5 Å². The van der Waals surface area contributed by atoms with E-state index in [1.54, 1.807) is 68.4 Å². The van der Waals surface area contributed by atoms with Crippen molar-refractivity contribution >= 4 is 33.2 Å². The third-order valence-corrected chi connectivity index (χ3v) is 6.15. The van der Waals surface area contributed by atoms with E-state index in [1.165, 1.54) is 12.1 Å². The van der Waals surface area contributed by atoms with Gasteiger partial charge in [-0.3, -0.25) is 4.79 Å². The summed E-state index contributed by atoms with van der Waals surface area (Å²) in [6.45, 7) is 3.69. The van der Waals surface area contributed by atoms with E-state index in [-0.39, 0.29) is 17.0 Å². The van der Waals surface area contributed by atoms with Gasteiger partial charge in [-0.2, -0.15) is 0 Å². The predicted octanol–water partition coefficient (Wildman–Crippen LogP) is 4.99. The average Bonchev–Trinajstić information content (AvgIpc) is 2.71. The van der Waals surface area contributed by atoms with Crippen LogP contribution in [0, 0.1) is 6.92 Å². The highest BCUT2D eigenvalue weighted by atomic mass is 35.5. The highest BCUT2D eigenvalue weighted by Gasteiger charge is 2.18. The topological polar surface area (TPSA) is 84.5 Å². The molecule has 0 saturated carbocycles. The fourth-order valence-electron chi connectivity index (χ4n) is 2.78. The van der Waals surface area contributed by atoms with Gasteiger partial charge >= 0.3 is 0 Å². The second-order valence-electron chi connectivity index (χ2n) is 6.46. The van der Waals surface area contributed by atoms with Crippen molar-refractivity contribution < 1.29 is 17.9 Å². The first-order valence-corrected chi connectivity index (χ1v) is 11.1. The molecule has 1 amide bonds. The largest absolute Gasteiger partial charge is 0.454 e. The van der Waals surface area contributed by atoms with Crippen LogP contribution in [0.1, 0.15) is 22.8 Å². The number of carbonyl (C=O) groups is 1. The van der Waals surface area contributed by atoms with Gasteiger partial charge < -0.3 is 10.1 Å². The Morgan fingerprint density at radius 1 is 1.00 bits per heavy atom. The Morgan fingerprint density at radius 3 is 2.37 bits per heavy atom. The molecule has 3 aromatic carbocycles. The van der Waals surface area contributed by atoms with Crippen LogP contribution >= 0.6 is 11.6 Å². The average molecular weight is 445 g/mol. The van der Waals surface area contributed by atoms with Crippen molar-refractivity contribution in [1.82, 2.24) is 4.72 Å². The lowest BCUT2D eigenvalue weighted by atomic mass is 10.1. The van der Waals surface area contributed by atoms with E-state index in [0.717, 1.165) is 0 Å². The molecule has 0 aliphatic rings. The van der Waals surface area contributed by atoms with Gasteiger partial charge in [0.1, 0.15) is 5.75 Å². The fraction of sp³-hybridized carbons (Fsp3) is 0.136. The van der Waals surface area contributed by atoms with Crippen LogP contribution in [0.4, 0.5) is 5.69 Å². The summed E-state index contributed by atoms with van der Waals surface area (Å²) in [7, 11) is -3.68. The monoisotopic (exact) mass is 444 g/mol. The number of hydrogen-bond acceptors (Lipinski definition) is 4. The van der Waals surface area contributed by atoms with Crippen LogP contribution in [-0.2, 0) is 10.0 Å². The van der Waals surface area contributed by atoms with Crippen LogP contribution < -0.4 is 14.8 Å². The summed E-state index contributed by atoms with van der Waals surface area (Å²) < 4.78 is 32.9. The molecule has 8 heteroatoms. The zero-order valence-corrected chi connectivity index (χ0v) is 18.0. The third-order valence-electron chi connectivity index (χ3n) is 4.29. The van der Waals surface area contributed by atoms with Crippen LogP contribution in [0.3, 0.4) is 0 Å². The molecule has 0 atom stereocenters. The van der Waals surface area contributed by atoms with E-state index >= 15 is 0 Å². The summed E-state index contributed by atoms with van der Waals surface area (Å²) in [5.74, 6) is 0.417. The zero-order valence-electron chi connectivity index (χ0n) is 16.5. The van der Waals surface area contributed by atoms with Crippen LogP contribution in [0.2, 0.25) is 5.02 Å². The second kappa shape index (κ2) is 9.30. The third kappa shape index (κ3) is 4.99. The lowest BCUT2D eigenvalue weighted by molar-refractivity contribution is 0.102. The molecular weight excluding hydrogens is 424 g/mol. The molecule has 0 aromatic heterocycles. The van der Waals surface area contributed by atoms with Gasteiger partial charge in [-0.25, -0.2) is 13.1 Å². The number of ether oxygens (including phenoxy) is 1. The van der Waals surface area contributed by atoms with Crippen molar-refractivity contribution in [3.63, 3.8) is 0 Å². The van der Waals surface area contributed by atoms with Crippen LogP contribution in [0.25, 0.3) is 0 Å². The Hall–Kier alpha value is -2.87. The molecule has 156 valence electrons. The molecule has 0 aliphatic carbocycles. The van der Waals surface area contributed by atoms with Gasteiger partial charge in [-0.1, -0.05) is 48.9 Å². The van der Waals surface area contributed by atoms with Crippen LogP contribution in [0.15, 0.2) is 71.6 Å². The van der Waals surface area contributed by atoms with Crippen LogP contribution in [-0.4, -0.2) is 20.9 Å². The SMILES string of the molecule is CCNS(=O)(=O)c1ccc(C)c(C(=O)Nc2ccccc2Oc2ccccc2Cl)c1. The van der Waals surface area contributed by atoms with E-state index < -0.39 is 15.9 Å². The quantitative estimate of drug-likeness (QED) is 0.537. The van der Waals surface area contributed by atoms with Gasteiger partial charge in [0.25, 0.3) is 5.91 Å². The number of rotatable bonds is 7. The molecule has 3 aromatic rings. The smallest absolute Gasteiger partial charge is 0.256 e. The van der Waals surface area contributed by atoms with Gasteiger partial charge in [0.15, 0.2) is 5.75 Å². The van der Waals surface area contributed by atoms with Gasteiger partial charge in [-0.05, 0) is 48.9 Å². The van der Waals surface area contributed by atoms with Gasteiger partial charge in [-0.15, -0.1) is 0 Å². The Bertz CT molecular complexity index is 1180. The molecule has 0 radical (unpaired) electrons. The standard InChI is InChI=1S/C22H21ClN2O4S/c1-3-24-30(27,28)16-13-12-15(2)17(14-16)22(26)25-19-9-5-7-11-21(19)29-20-10-6-4-8-18(20)23/h4-14,24H,3H2,1-2H3,(H,25,26). The van der Waals surface area contributed by atoms with Crippen molar-refractivity contribution in [1.29, 1.82) is 0 Å². The maximum absolute atomic E-state index is 12.9. The first-order chi connectivity index (χ1) is 14.3. The Morgan fingerprint density at radius 2 is 1.67 bits per heavy atom. The maximum atomic E-state index is 12.9. The molecule has 0 aliphatic heterocycles.